The third-order valence-electron chi connectivity index (χ3n) is 4.13. The van der Waals surface area contributed by atoms with E-state index in [2.05, 4.69) is 5.32 Å². The van der Waals surface area contributed by atoms with Crippen LogP contribution in [0.2, 0.25) is 5.02 Å². The van der Waals surface area contributed by atoms with Gasteiger partial charge in [0.15, 0.2) is 6.10 Å². The summed E-state index contributed by atoms with van der Waals surface area (Å²) in [4.78, 5) is 38.0. The number of thioether (sulfide) groups is 1. The second-order valence-corrected chi connectivity index (χ2v) is 7.60. The first kappa shape index (κ1) is 20.2. The molecule has 0 unspecified atom stereocenters. The van der Waals surface area contributed by atoms with Gasteiger partial charge in [0.2, 0.25) is 5.91 Å². The van der Waals surface area contributed by atoms with Crippen molar-refractivity contribution in [1.82, 2.24) is 0 Å². The third kappa shape index (κ3) is 4.85. The molecule has 1 N–H and O–H groups in total. The van der Waals surface area contributed by atoms with Crippen LogP contribution in [0.3, 0.4) is 0 Å². The number of nitrogens with zero attached hydrogens (tertiary/aromatic N) is 1. The lowest BCUT2D eigenvalue weighted by molar-refractivity contribution is -0.151. The van der Waals surface area contributed by atoms with Gasteiger partial charge in [-0.3, -0.25) is 19.3 Å². The fourth-order valence-electron chi connectivity index (χ4n) is 2.79. The minimum absolute atomic E-state index is 0.0971. The van der Waals surface area contributed by atoms with Crippen molar-refractivity contribution in [3.8, 4) is 0 Å². The van der Waals surface area contributed by atoms with Crippen molar-refractivity contribution in [2.45, 2.75) is 18.8 Å². The van der Waals surface area contributed by atoms with Gasteiger partial charge < -0.3 is 10.1 Å². The van der Waals surface area contributed by atoms with Gasteiger partial charge in [-0.25, -0.2) is 0 Å². The fourth-order valence-corrected chi connectivity index (χ4v) is 3.88. The number of amides is 2. The van der Waals surface area contributed by atoms with Crippen LogP contribution in [-0.2, 0) is 24.9 Å². The molecule has 1 atom stereocenters. The minimum Gasteiger partial charge on any atom is -0.452 e. The van der Waals surface area contributed by atoms with Crippen LogP contribution in [0.15, 0.2) is 48.5 Å². The minimum atomic E-state index is -0.993. The molecular weight excluding hydrogens is 400 g/mol. The number of ether oxygens (including phenoxy) is 1. The molecule has 0 fully saturated rings. The van der Waals surface area contributed by atoms with Crippen molar-refractivity contribution >= 4 is 52.5 Å². The van der Waals surface area contributed by atoms with Gasteiger partial charge >= 0.3 is 5.97 Å². The standard InChI is InChI=1S/C20H19ClN2O4S/c1-13(27-19(25)12-28-11-14-6-2-3-7-15(14)21)20(26)23-10-18(24)22-16-8-4-5-9-17(16)23/h2-9,13H,10-12H2,1H3,(H,22,24)/t13-/m1/s1. The van der Waals surface area contributed by atoms with Crippen molar-refractivity contribution in [2.75, 3.05) is 22.5 Å². The maximum absolute atomic E-state index is 12.7. The van der Waals surface area contributed by atoms with Crippen LogP contribution < -0.4 is 10.2 Å². The summed E-state index contributed by atoms with van der Waals surface area (Å²) < 4.78 is 5.27. The van der Waals surface area contributed by atoms with Crippen molar-refractivity contribution in [3.05, 3.63) is 59.1 Å². The van der Waals surface area contributed by atoms with E-state index in [0.717, 1.165) is 5.56 Å². The predicted octanol–water partition coefficient (Wildman–Crippen LogP) is 3.49. The van der Waals surface area contributed by atoms with E-state index in [9.17, 15) is 14.4 Å². The molecule has 8 heteroatoms. The highest BCUT2D eigenvalue weighted by molar-refractivity contribution is 7.99. The molecule has 0 aromatic heterocycles. The highest BCUT2D eigenvalue weighted by Gasteiger charge is 2.31. The van der Waals surface area contributed by atoms with Gasteiger partial charge in [0.25, 0.3) is 5.91 Å². The second-order valence-electron chi connectivity index (χ2n) is 6.21. The van der Waals surface area contributed by atoms with E-state index in [0.29, 0.717) is 22.2 Å². The quantitative estimate of drug-likeness (QED) is 0.727. The van der Waals surface area contributed by atoms with Crippen LogP contribution in [-0.4, -0.2) is 36.2 Å². The Morgan fingerprint density at radius 3 is 2.71 bits per heavy atom. The molecule has 1 heterocycles. The Labute approximate surface area is 172 Å². The van der Waals surface area contributed by atoms with E-state index in [1.54, 1.807) is 30.3 Å². The zero-order valence-corrected chi connectivity index (χ0v) is 16.8. The first-order valence-corrected chi connectivity index (χ1v) is 10.2. The number of benzene rings is 2. The summed E-state index contributed by atoms with van der Waals surface area (Å²) in [6.45, 7) is 1.40. The number of fused-ring (bicyclic) bond motifs is 1. The zero-order valence-electron chi connectivity index (χ0n) is 15.2. The molecule has 0 saturated carbocycles. The molecule has 6 nitrogen and oxygen atoms in total. The molecule has 0 spiro atoms. The summed E-state index contributed by atoms with van der Waals surface area (Å²) in [5.41, 5.74) is 2.08. The van der Waals surface area contributed by atoms with Crippen LogP contribution in [0.25, 0.3) is 0 Å². The van der Waals surface area contributed by atoms with Crippen LogP contribution in [0, 0.1) is 0 Å². The van der Waals surface area contributed by atoms with Gasteiger partial charge in [0.05, 0.1) is 17.1 Å². The number of carbonyl (C=O) groups excluding carboxylic acids is 3. The maximum Gasteiger partial charge on any atom is 0.316 e. The highest BCUT2D eigenvalue weighted by atomic mass is 35.5. The maximum atomic E-state index is 12.7. The molecule has 2 amide bonds. The Balaban J connectivity index is 1.55. The van der Waals surface area contributed by atoms with Crippen molar-refractivity contribution in [3.63, 3.8) is 0 Å². The average molecular weight is 419 g/mol. The van der Waals surface area contributed by atoms with Crippen LogP contribution in [0.4, 0.5) is 11.4 Å². The summed E-state index contributed by atoms with van der Waals surface area (Å²) in [6, 6.07) is 14.4. The van der Waals surface area contributed by atoms with Crippen LogP contribution >= 0.6 is 23.4 Å². The number of hydrogen-bond acceptors (Lipinski definition) is 5. The smallest absolute Gasteiger partial charge is 0.316 e. The molecule has 1 aliphatic heterocycles. The number of nitrogens with one attached hydrogen (secondary N) is 1. The summed E-state index contributed by atoms with van der Waals surface area (Å²) in [7, 11) is 0. The molecule has 0 bridgehead atoms. The van der Waals surface area contributed by atoms with Gasteiger partial charge in [0, 0.05) is 10.8 Å². The van der Waals surface area contributed by atoms with E-state index in [4.69, 9.17) is 16.3 Å². The first-order valence-electron chi connectivity index (χ1n) is 8.66. The molecule has 0 aliphatic carbocycles. The zero-order chi connectivity index (χ0) is 20.1. The Kier molecular flexibility index (Phi) is 6.59. The molecule has 3 rings (SSSR count). The van der Waals surface area contributed by atoms with Crippen molar-refractivity contribution < 1.29 is 19.1 Å². The van der Waals surface area contributed by atoms with E-state index in [1.165, 1.54) is 23.6 Å². The monoisotopic (exact) mass is 418 g/mol. The number of carbonyl (C=O) groups is 3. The third-order valence-corrected chi connectivity index (χ3v) is 5.45. The largest absolute Gasteiger partial charge is 0.452 e. The van der Waals surface area contributed by atoms with Gasteiger partial charge in [-0.15, -0.1) is 11.8 Å². The Bertz CT molecular complexity index is 905. The fraction of sp³-hybridized carbons (Fsp3) is 0.250. The predicted molar refractivity (Wildman–Crippen MR) is 111 cm³/mol. The lowest BCUT2D eigenvalue weighted by Crippen LogP contribution is -2.47. The summed E-state index contributed by atoms with van der Waals surface area (Å²) in [5.74, 6) is -0.559. The first-order chi connectivity index (χ1) is 13.5. The Hall–Kier alpha value is -2.51. The lowest BCUT2D eigenvalue weighted by atomic mass is 10.1. The van der Waals surface area contributed by atoms with E-state index >= 15 is 0 Å². The van der Waals surface area contributed by atoms with Crippen molar-refractivity contribution in [2.24, 2.45) is 0 Å². The summed E-state index contributed by atoms with van der Waals surface area (Å²) in [5, 5.41) is 3.36. The van der Waals surface area contributed by atoms with Gasteiger partial charge in [-0.1, -0.05) is 41.9 Å². The van der Waals surface area contributed by atoms with Crippen LogP contribution in [0.1, 0.15) is 12.5 Å². The second kappa shape index (κ2) is 9.12. The highest BCUT2D eigenvalue weighted by Crippen LogP contribution is 2.29. The molecule has 2 aromatic carbocycles. The van der Waals surface area contributed by atoms with E-state index in [1.807, 2.05) is 18.2 Å². The molecule has 146 valence electrons. The van der Waals surface area contributed by atoms with Gasteiger partial charge in [-0.2, -0.15) is 0 Å². The number of hydrogen-bond donors (Lipinski definition) is 1. The van der Waals surface area contributed by atoms with Crippen molar-refractivity contribution in [1.29, 1.82) is 0 Å². The van der Waals surface area contributed by atoms with E-state index < -0.39 is 18.0 Å². The average Bonchev–Trinajstić information content (AvgIpc) is 2.68. The molecule has 1 aliphatic rings. The summed E-state index contributed by atoms with van der Waals surface area (Å²) >= 11 is 7.45. The number of rotatable bonds is 6. The molecule has 28 heavy (non-hydrogen) atoms. The topological polar surface area (TPSA) is 75.7 Å². The molecule has 2 aromatic rings. The lowest BCUT2D eigenvalue weighted by Gasteiger charge is -2.30. The normalized spacial score (nSPS) is 14.1. The Morgan fingerprint density at radius 1 is 1.21 bits per heavy atom. The Morgan fingerprint density at radius 2 is 1.93 bits per heavy atom. The van der Waals surface area contributed by atoms with Gasteiger partial charge in [0.1, 0.15) is 6.54 Å². The number of anilines is 2. The van der Waals surface area contributed by atoms with Crippen LogP contribution in [0.5, 0.6) is 0 Å². The van der Waals surface area contributed by atoms with Gasteiger partial charge in [-0.05, 0) is 30.7 Å². The van der Waals surface area contributed by atoms with E-state index in [-0.39, 0.29) is 18.2 Å². The molecule has 0 radical (unpaired) electrons. The number of para-hydroxylation sites is 2. The summed E-state index contributed by atoms with van der Waals surface area (Å²) in [6.07, 6.45) is -0.993. The number of esters is 1. The molecular formula is C20H19ClN2O4S. The molecule has 0 saturated heterocycles. The SMILES string of the molecule is C[C@@H](OC(=O)CSCc1ccccc1Cl)C(=O)N1CC(=O)Nc2ccccc21. The number of halogens is 1.